The molecule has 6 aromatic rings. The van der Waals surface area contributed by atoms with Gasteiger partial charge in [-0.05, 0) is 75.6 Å². The number of aliphatic hydroxyl groups excluding tert-OH is 1. The van der Waals surface area contributed by atoms with Crippen molar-refractivity contribution in [3.05, 3.63) is 104 Å². The van der Waals surface area contributed by atoms with Crippen LogP contribution in [0.15, 0.2) is 82.6 Å². The van der Waals surface area contributed by atoms with Crippen LogP contribution in [0.4, 0.5) is 16.7 Å². The van der Waals surface area contributed by atoms with E-state index in [0.717, 1.165) is 62.1 Å². The number of aryl methyl sites for hydroxylation is 2. The van der Waals surface area contributed by atoms with Crippen LogP contribution in [0.2, 0.25) is 10.0 Å². The van der Waals surface area contributed by atoms with Crippen molar-refractivity contribution >= 4 is 63.3 Å². The molecule has 2 saturated carbocycles. The molecule has 4 heterocycles. The number of nitrogens with zero attached hydrogens (tertiary/aromatic N) is 6. The van der Waals surface area contributed by atoms with Crippen LogP contribution in [0.5, 0.6) is 0 Å². The SMILES string of the molecule is COC(=O)OC1CCC(Nc2ncc3cc(-c4ccccc4Cl)c(=O)n(C)c3n2)CC1.Cn1c(=O)c(-c2ccccc2Cl)cc2cnc(NC3CCC(O)CC3)nc21. The second kappa shape index (κ2) is 17.9. The molecule has 2 fully saturated rings. The third-order valence-electron chi connectivity index (χ3n) is 10.7. The van der Waals surface area contributed by atoms with Gasteiger partial charge in [0.25, 0.3) is 11.1 Å². The number of halogens is 2. The van der Waals surface area contributed by atoms with E-state index in [0.29, 0.717) is 55.5 Å². The minimum atomic E-state index is -0.647. The molecule has 0 saturated heterocycles. The summed E-state index contributed by atoms with van der Waals surface area (Å²) in [6.45, 7) is 0. The highest BCUT2D eigenvalue weighted by atomic mass is 35.5. The summed E-state index contributed by atoms with van der Waals surface area (Å²) in [6, 6.07) is 18.5. The fourth-order valence-electron chi connectivity index (χ4n) is 7.47. The molecule has 0 unspecified atom stereocenters. The molecule has 2 aliphatic rings. The largest absolute Gasteiger partial charge is 0.508 e. The van der Waals surface area contributed by atoms with Gasteiger partial charge in [-0.2, -0.15) is 9.97 Å². The van der Waals surface area contributed by atoms with E-state index in [-0.39, 0.29) is 35.4 Å². The van der Waals surface area contributed by atoms with Crippen molar-refractivity contribution in [1.82, 2.24) is 29.1 Å². The average Bonchev–Trinajstić information content (AvgIpc) is 3.23. The number of hydrogen-bond donors (Lipinski definition) is 3. The molecular weight excluding hydrogens is 783 g/mol. The Labute approximate surface area is 344 Å². The molecule has 8 rings (SSSR count). The van der Waals surface area contributed by atoms with Crippen molar-refractivity contribution in [3.8, 4) is 22.3 Å². The number of rotatable bonds is 7. The van der Waals surface area contributed by atoms with Crippen molar-refractivity contribution < 1.29 is 19.4 Å². The lowest BCUT2D eigenvalue weighted by atomic mass is 9.93. The maximum absolute atomic E-state index is 13.0. The van der Waals surface area contributed by atoms with Gasteiger partial charge >= 0.3 is 6.16 Å². The Kier molecular flexibility index (Phi) is 12.6. The van der Waals surface area contributed by atoms with Gasteiger partial charge in [0, 0.05) is 81.6 Å². The number of carbonyl (C=O) groups excluding carboxylic acids is 1. The van der Waals surface area contributed by atoms with E-state index in [2.05, 4.69) is 35.3 Å². The normalized spacial score (nSPS) is 19.2. The van der Waals surface area contributed by atoms with Crippen molar-refractivity contribution in [1.29, 1.82) is 0 Å². The zero-order valence-corrected chi connectivity index (χ0v) is 33.8. The number of pyridine rings is 2. The molecule has 0 bridgehead atoms. The topological polar surface area (TPSA) is 175 Å². The number of aliphatic hydroxyl groups is 1. The van der Waals surface area contributed by atoms with Crippen molar-refractivity contribution in [2.75, 3.05) is 17.7 Å². The average molecular weight is 828 g/mol. The summed E-state index contributed by atoms with van der Waals surface area (Å²) < 4.78 is 12.8. The van der Waals surface area contributed by atoms with E-state index >= 15 is 0 Å². The first-order valence-corrected chi connectivity index (χ1v) is 19.9. The maximum atomic E-state index is 13.0. The summed E-state index contributed by atoms with van der Waals surface area (Å²) in [6.07, 6.45) is 8.87. The Morgan fingerprint density at radius 2 is 1.12 bits per heavy atom. The molecule has 2 aromatic carbocycles. The Bertz CT molecular complexity index is 2570. The predicted molar refractivity (Wildman–Crippen MR) is 225 cm³/mol. The predicted octanol–water partition coefficient (Wildman–Crippen LogP) is 7.52. The van der Waals surface area contributed by atoms with E-state index in [4.69, 9.17) is 27.9 Å². The lowest BCUT2D eigenvalue weighted by molar-refractivity contribution is 0.0218. The number of benzene rings is 2. The first-order chi connectivity index (χ1) is 28.0. The van der Waals surface area contributed by atoms with Gasteiger partial charge in [-0.3, -0.25) is 18.7 Å². The number of fused-ring (bicyclic) bond motifs is 2. The molecule has 58 heavy (non-hydrogen) atoms. The van der Waals surface area contributed by atoms with Gasteiger partial charge in [0.2, 0.25) is 11.9 Å². The Morgan fingerprint density at radius 3 is 1.55 bits per heavy atom. The molecule has 2 aliphatic carbocycles. The van der Waals surface area contributed by atoms with E-state index in [1.54, 1.807) is 50.8 Å². The van der Waals surface area contributed by atoms with Crippen LogP contribution in [-0.2, 0) is 23.6 Å². The molecular formula is C42H44Cl2N8O6. The van der Waals surface area contributed by atoms with Gasteiger partial charge in [0.15, 0.2) is 0 Å². The summed E-state index contributed by atoms with van der Waals surface area (Å²) in [5.41, 5.74) is 3.20. The molecule has 302 valence electrons. The zero-order chi connectivity index (χ0) is 40.9. The van der Waals surface area contributed by atoms with Crippen LogP contribution in [0.1, 0.15) is 51.4 Å². The van der Waals surface area contributed by atoms with Crippen LogP contribution in [0, 0.1) is 0 Å². The minimum Gasteiger partial charge on any atom is -0.438 e. The van der Waals surface area contributed by atoms with E-state index in [1.807, 2.05) is 36.4 Å². The molecule has 0 spiro atoms. The van der Waals surface area contributed by atoms with E-state index in [9.17, 15) is 19.5 Å². The highest BCUT2D eigenvalue weighted by Crippen LogP contribution is 2.30. The van der Waals surface area contributed by atoms with Gasteiger partial charge in [0.05, 0.1) is 13.2 Å². The van der Waals surface area contributed by atoms with Crippen molar-refractivity contribution in [3.63, 3.8) is 0 Å². The molecule has 14 nitrogen and oxygen atoms in total. The van der Waals surface area contributed by atoms with Crippen LogP contribution >= 0.6 is 23.2 Å². The molecule has 0 atom stereocenters. The van der Waals surface area contributed by atoms with E-state index in [1.165, 1.54) is 16.2 Å². The van der Waals surface area contributed by atoms with Gasteiger partial charge in [0.1, 0.15) is 17.4 Å². The smallest absolute Gasteiger partial charge is 0.438 e. The number of carbonyl (C=O) groups is 1. The molecule has 4 aromatic heterocycles. The second-order valence-electron chi connectivity index (χ2n) is 14.6. The first-order valence-electron chi connectivity index (χ1n) is 19.2. The lowest BCUT2D eigenvalue weighted by Gasteiger charge is -2.28. The molecule has 0 aliphatic heterocycles. The zero-order valence-electron chi connectivity index (χ0n) is 32.3. The minimum absolute atomic E-state index is 0.132. The maximum Gasteiger partial charge on any atom is 0.508 e. The van der Waals surface area contributed by atoms with Gasteiger partial charge in [-0.15, -0.1) is 0 Å². The number of anilines is 2. The number of ether oxygens (including phenoxy) is 2. The van der Waals surface area contributed by atoms with Gasteiger partial charge in [-0.25, -0.2) is 14.8 Å². The highest BCUT2D eigenvalue weighted by molar-refractivity contribution is 6.33. The second-order valence-corrected chi connectivity index (χ2v) is 15.4. The highest BCUT2D eigenvalue weighted by Gasteiger charge is 2.25. The summed E-state index contributed by atoms with van der Waals surface area (Å²) in [4.78, 5) is 55.1. The Balaban J connectivity index is 0.000000178. The van der Waals surface area contributed by atoms with Crippen LogP contribution in [0.3, 0.4) is 0 Å². The molecule has 0 amide bonds. The Hall–Kier alpha value is -5.57. The monoisotopic (exact) mass is 826 g/mol. The number of aromatic nitrogens is 6. The summed E-state index contributed by atoms with van der Waals surface area (Å²) in [5, 5.41) is 18.9. The summed E-state index contributed by atoms with van der Waals surface area (Å²) >= 11 is 12.6. The van der Waals surface area contributed by atoms with E-state index < -0.39 is 6.16 Å². The molecule has 16 heteroatoms. The van der Waals surface area contributed by atoms with Gasteiger partial charge < -0.3 is 25.2 Å². The fourth-order valence-corrected chi connectivity index (χ4v) is 7.95. The Morgan fingerprint density at radius 1 is 0.690 bits per heavy atom. The van der Waals surface area contributed by atoms with Crippen LogP contribution in [-0.4, -0.2) is 71.7 Å². The van der Waals surface area contributed by atoms with Crippen molar-refractivity contribution in [2.24, 2.45) is 14.1 Å². The number of hydrogen-bond acceptors (Lipinski definition) is 12. The fraction of sp³-hybridized carbons (Fsp3) is 0.357. The number of nitrogens with one attached hydrogen (secondary N) is 2. The van der Waals surface area contributed by atoms with Crippen molar-refractivity contribution in [2.45, 2.75) is 75.7 Å². The van der Waals surface area contributed by atoms with Gasteiger partial charge in [-0.1, -0.05) is 59.6 Å². The quantitative estimate of drug-likeness (QED) is 0.135. The summed E-state index contributed by atoms with van der Waals surface area (Å²) in [7, 11) is 4.70. The number of methoxy groups -OCH3 is 1. The lowest BCUT2D eigenvalue weighted by Crippen LogP contribution is -2.31. The molecule has 0 radical (unpaired) electrons. The van der Waals surface area contributed by atoms with Crippen LogP contribution < -0.4 is 21.8 Å². The standard InChI is InChI=1S/C22H23ClN4O4.C20H21ClN4O2/c1-27-19-13(11-17(20(27)28)16-5-3-4-6-18(16)23)12-24-21(26-19)25-14-7-9-15(10-8-14)31-22(29)30-2;1-25-18-12(10-16(19(25)27)15-4-2-3-5-17(15)21)11-22-20(24-18)23-13-6-8-14(26)9-7-13/h3-6,11-12,14-15H,7-10H2,1-2H3,(H,24,25,26);2-5,10-11,13-14,26H,6-9H2,1H3,(H,22,23,24). The third-order valence-corrected chi connectivity index (χ3v) is 11.4. The first kappa shape index (κ1) is 40.6. The third kappa shape index (κ3) is 9.09. The summed E-state index contributed by atoms with van der Waals surface area (Å²) in [5.74, 6) is 0.967. The van der Waals surface area contributed by atoms with Crippen LogP contribution in [0.25, 0.3) is 44.3 Å². The molecule has 3 N–H and O–H groups in total.